The summed E-state index contributed by atoms with van der Waals surface area (Å²) in [4.78, 5) is 64.1. The lowest BCUT2D eigenvalue weighted by Gasteiger charge is -2.38. The van der Waals surface area contributed by atoms with Crippen LogP contribution in [0.15, 0.2) is 77.9 Å². The van der Waals surface area contributed by atoms with Crippen molar-refractivity contribution in [1.82, 2.24) is 33.6 Å². The van der Waals surface area contributed by atoms with Crippen molar-refractivity contribution in [3.8, 4) is 11.1 Å². The number of hydrogen-bond acceptors (Lipinski definition) is 9. The average molecular weight is 938 g/mol. The van der Waals surface area contributed by atoms with Crippen LogP contribution in [0.3, 0.4) is 0 Å². The molecule has 1 unspecified atom stereocenters. The fourth-order valence-corrected chi connectivity index (χ4v) is 11.8. The number of piperidine rings is 3. The van der Waals surface area contributed by atoms with Gasteiger partial charge in [-0.3, -0.25) is 33.6 Å². The topological polar surface area (TPSA) is 175 Å². The molecule has 0 saturated carbocycles. The van der Waals surface area contributed by atoms with Gasteiger partial charge < -0.3 is 14.8 Å². The Kier molecular flexibility index (Phi) is 11.8. The summed E-state index contributed by atoms with van der Waals surface area (Å²) in [6.07, 6.45) is 6.15. The number of amides is 2. The number of alkyl halides is 1. The zero-order valence-electron chi connectivity index (χ0n) is 36.8. The number of imidazole rings is 1. The quantitative estimate of drug-likeness (QED) is 0.102. The number of anilines is 2. The van der Waals surface area contributed by atoms with Crippen LogP contribution >= 0.6 is 0 Å². The molecule has 4 fully saturated rings. The van der Waals surface area contributed by atoms with E-state index in [1.807, 2.05) is 29.0 Å². The number of rotatable bonds is 11. The van der Waals surface area contributed by atoms with Gasteiger partial charge in [-0.2, -0.15) is 12.7 Å². The second kappa shape index (κ2) is 17.7. The van der Waals surface area contributed by atoms with Crippen LogP contribution in [-0.4, -0.2) is 106 Å². The molecule has 10 rings (SSSR count). The first-order chi connectivity index (χ1) is 32.2. The number of likely N-dealkylation sites (tertiary alicyclic amines) is 1. The van der Waals surface area contributed by atoms with E-state index in [1.165, 1.54) is 6.20 Å². The maximum Gasteiger partial charge on any atom is 0.329 e. The lowest BCUT2D eigenvalue weighted by Crippen LogP contribution is -2.44. The van der Waals surface area contributed by atoms with Gasteiger partial charge in [-0.15, -0.1) is 0 Å². The molecule has 3 aromatic carbocycles. The molecule has 0 radical (unpaired) electrons. The highest BCUT2D eigenvalue weighted by Gasteiger charge is 2.35. The van der Waals surface area contributed by atoms with Crippen molar-refractivity contribution < 1.29 is 36.0 Å². The monoisotopic (exact) mass is 937 g/mol. The van der Waals surface area contributed by atoms with Gasteiger partial charge in [0.15, 0.2) is 5.82 Å². The number of aryl methyl sites for hydroxylation is 1. The summed E-state index contributed by atoms with van der Waals surface area (Å²) in [6.45, 7) is 4.28. The molecular weight excluding hydrogens is 888 g/mol. The number of nitrogens with zero attached hydrogens (tertiary/aromatic N) is 6. The van der Waals surface area contributed by atoms with E-state index in [0.717, 1.165) is 103 Å². The molecule has 0 spiro atoms. The average Bonchev–Trinajstić information content (AvgIpc) is 4.03. The Morgan fingerprint density at radius 3 is 2.37 bits per heavy atom. The third kappa shape index (κ3) is 8.41. The fourth-order valence-electron chi connectivity index (χ4n) is 10.5. The van der Waals surface area contributed by atoms with Crippen molar-refractivity contribution in [1.29, 1.82) is 0 Å². The normalized spacial score (nSPS) is 20.6. The number of hydrogen-bond donors (Lipinski definition) is 3. The lowest BCUT2D eigenvalue weighted by molar-refractivity contribution is -0.135. The molecule has 4 aliphatic heterocycles. The van der Waals surface area contributed by atoms with Gasteiger partial charge in [0.2, 0.25) is 17.6 Å². The van der Waals surface area contributed by atoms with Crippen molar-refractivity contribution >= 4 is 61.2 Å². The minimum atomic E-state index is -4.36. The summed E-state index contributed by atoms with van der Waals surface area (Å²) in [5, 5.41) is 2.72. The largest absolute Gasteiger partial charge is 0.372 e. The molecule has 4 aliphatic rings. The van der Waals surface area contributed by atoms with Crippen LogP contribution in [-0.2, 0) is 26.8 Å². The Morgan fingerprint density at radius 2 is 1.66 bits per heavy atom. The lowest BCUT2D eigenvalue weighted by atomic mass is 9.87. The number of aromatic nitrogens is 4. The molecule has 19 heteroatoms. The highest BCUT2D eigenvalue weighted by Crippen LogP contribution is 2.36. The smallest absolute Gasteiger partial charge is 0.329 e. The van der Waals surface area contributed by atoms with Crippen LogP contribution in [0.1, 0.15) is 78.4 Å². The van der Waals surface area contributed by atoms with Crippen LogP contribution in [0.2, 0.25) is 0 Å². The zero-order valence-corrected chi connectivity index (χ0v) is 37.6. The first-order valence-corrected chi connectivity index (χ1v) is 24.2. The van der Waals surface area contributed by atoms with E-state index in [9.17, 15) is 32.0 Å². The van der Waals surface area contributed by atoms with Gasteiger partial charge in [-0.25, -0.2) is 22.9 Å². The Hall–Kier alpha value is -6.31. The molecule has 4 saturated heterocycles. The van der Waals surface area contributed by atoms with Gasteiger partial charge in [-0.1, -0.05) is 24.3 Å². The number of carbonyl (C=O) groups excluding carboxylic acids is 3. The third-order valence-corrected chi connectivity index (χ3v) is 15.6. The van der Waals surface area contributed by atoms with E-state index in [2.05, 4.69) is 43.3 Å². The maximum atomic E-state index is 15.8. The van der Waals surface area contributed by atoms with Crippen LogP contribution in [0.5, 0.6) is 0 Å². The zero-order chi connectivity index (χ0) is 46.7. The third-order valence-electron chi connectivity index (χ3n) is 14.1. The molecule has 2 atom stereocenters. The first kappa shape index (κ1) is 44.5. The Labute approximate surface area is 384 Å². The summed E-state index contributed by atoms with van der Waals surface area (Å²) in [5.74, 6) is -3.46. The standard InChI is InChI=1S/C48H50F3N9O6S/c1-56-44-34(3-2-4-39(44)60(48(56)64)40-11-12-41(61)54-47(40)63)30-15-18-57(19-16-30)26-28-13-20-58(21-14-28)33-7-5-29(6-8-33)31-23-35-36(25-53-46(35)52-24-31)45(62)42-37(50)9-10-38(43(42)51)55-67(65,66)59-22-17-32(49)27-59/h2-10,23-25,28,30,32,40,55H,11-22,26-27H2,1H3,(H,52,53)(H,54,61,63)/t32-,40?/m1/s1. The van der Waals surface area contributed by atoms with Crippen molar-refractivity contribution in [2.45, 2.75) is 63.1 Å². The maximum absolute atomic E-state index is 15.8. The number of nitrogens with one attached hydrogen (secondary N) is 3. The second-order valence-corrected chi connectivity index (χ2v) is 19.9. The number of pyridine rings is 1. The van der Waals surface area contributed by atoms with Crippen molar-refractivity contribution in [3.05, 3.63) is 112 Å². The molecule has 3 N–H and O–H groups in total. The molecule has 6 aromatic rings. The van der Waals surface area contributed by atoms with Crippen LogP contribution < -0.4 is 20.6 Å². The van der Waals surface area contributed by atoms with Gasteiger partial charge in [-0.05, 0) is 111 Å². The molecule has 0 bridgehead atoms. The fraction of sp³-hybridized carbons (Fsp3) is 0.396. The highest BCUT2D eigenvalue weighted by atomic mass is 32.2. The molecule has 15 nitrogen and oxygen atoms in total. The summed E-state index contributed by atoms with van der Waals surface area (Å²) in [5.41, 5.74) is 3.77. The number of carbonyl (C=O) groups is 3. The van der Waals surface area contributed by atoms with Gasteiger partial charge >= 0.3 is 15.9 Å². The van der Waals surface area contributed by atoms with Crippen molar-refractivity contribution in [2.75, 3.05) is 55.4 Å². The molecule has 2 amide bonds. The van der Waals surface area contributed by atoms with E-state index in [-0.39, 0.29) is 49.0 Å². The summed E-state index contributed by atoms with van der Waals surface area (Å²) < 4.78 is 76.4. The van der Waals surface area contributed by atoms with Crippen LogP contribution in [0.4, 0.5) is 24.5 Å². The van der Waals surface area contributed by atoms with Crippen molar-refractivity contribution in [2.24, 2.45) is 13.0 Å². The van der Waals surface area contributed by atoms with Gasteiger partial charge in [0, 0.05) is 80.8 Å². The summed E-state index contributed by atoms with van der Waals surface area (Å²) in [7, 11) is -2.60. The number of halogens is 3. The number of benzene rings is 3. The first-order valence-electron chi connectivity index (χ1n) is 22.8. The van der Waals surface area contributed by atoms with E-state index in [0.29, 0.717) is 28.9 Å². The van der Waals surface area contributed by atoms with E-state index in [1.54, 1.807) is 28.4 Å². The van der Waals surface area contributed by atoms with E-state index >= 15 is 8.78 Å². The number of fused-ring (bicyclic) bond motifs is 2. The molecule has 7 heterocycles. The highest BCUT2D eigenvalue weighted by molar-refractivity contribution is 7.90. The predicted molar refractivity (Wildman–Crippen MR) is 247 cm³/mol. The predicted octanol–water partition coefficient (Wildman–Crippen LogP) is 6.17. The number of para-hydroxylation sites is 1. The number of ketones is 1. The minimum Gasteiger partial charge on any atom is -0.372 e. The number of aromatic amines is 1. The number of imide groups is 1. The Bertz CT molecular complexity index is 3100. The van der Waals surface area contributed by atoms with Crippen LogP contribution in [0, 0.1) is 17.6 Å². The molecule has 3 aromatic heterocycles. The summed E-state index contributed by atoms with van der Waals surface area (Å²) in [6, 6.07) is 16.7. The van der Waals surface area contributed by atoms with Gasteiger partial charge in [0.25, 0.3) is 0 Å². The van der Waals surface area contributed by atoms with Gasteiger partial charge in [0.1, 0.15) is 23.7 Å². The van der Waals surface area contributed by atoms with E-state index in [4.69, 9.17) is 0 Å². The molecule has 0 aliphatic carbocycles. The Balaban J connectivity index is 0.756. The number of H-pyrrole nitrogens is 1. The Morgan fingerprint density at radius 1 is 0.896 bits per heavy atom. The molecular formula is C48H50F3N9O6S. The van der Waals surface area contributed by atoms with Crippen molar-refractivity contribution in [3.63, 3.8) is 0 Å². The molecule has 350 valence electrons. The second-order valence-electron chi connectivity index (χ2n) is 18.2. The molecule has 67 heavy (non-hydrogen) atoms. The summed E-state index contributed by atoms with van der Waals surface area (Å²) >= 11 is 0. The van der Waals surface area contributed by atoms with Crippen LogP contribution in [0.25, 0.3) is 33.2 Å². The SMILES string of the molecule is Cn1c(=O)n(C2CCC(=O)NC2=O)c2cccc(C3CCN(CC4CCN(c5ccc(-c6cnc7[nH]cc(C(=O)c8c(F)ccc(NS(=O)(=O)N9CC[C@@H](F)C9)c8F)c7c6)cc5)CC4)CC3)c21. The minimum absolute atomic E-state index is 0.00258. The van der Waals surface area contributed by atoms with Gasteiger partial charge in [0.05, 0.1) is 22.3 Å². The van der Waals surface area contributed by atoms with E-state index < -0.39 is 57.0 Å².